The highest BCUT2D eigenvalue weighted by Gasteiger charge is 2.28. The third kappa shape index (κ3) is 3.45. The molecule has 29 heavy (non-hydrogen) atoms. The Bertz CT molecular complexity index is 1160. The number of fused-ring (bicyclic) bond motifs is 2. The third-order valence-electron chi connectivity index (χ3n) is 5.95. The number of rotatable bonds is 3. The van der Waals surface area contributed by atoms with Crippen molar-refractivity contribution in [3.8, 4) is 0 Å². The summed E-state index contributed by atoms with van der Waals surface area (Å²) in [6.07, 6.45) is 2.19. The lowest BCUT2D eigenvalue weighted by molar-refractivity contribution is 0.0696. The number of carbonyl (C=O) groups is 1. The molecule has 4 rings (SSSR count). The van der Waals surface area contributed by atoms with Crippen LogP contribution in [0.1, 0.15) is 50.8 Å². The number of nitrogens with zero attached hydrogens (tertiary/aromatic N) is 2. The van der Waals surface area contributed by atoms with Crippen LogP contribution in [0.15, 0.2) is 36.4 Å². The summed E-state index contributed by atoms with van der Waals surface area (Å²) in [6, 6.07) is 12.0. The molecule has 0 radical (unpaired) electrons. The van der Waals surface area contributed by atoms with E-state index in [0.29, 0.717) is 17.5 Å². The van der Waals surface area contributed by atoms with Gasteiger partial charge in [0.2, 0.25) is 0 Å². The van der Waals surface area contributed by atoms with E-state index in [1.807, 2.05) is 24.3 Å². The van der Waals surface area contributed by atoms with Crippen molar-refractivity contribution in [3.05, 3.63) is 75.5 Å². The van der Waals surface area contributed by atoms with Gasteiger partial charge in [0, 0.05) is 24.0 Å². The fraction of sp³-hybridized carbons (Fsp3) is 0.280. The quantitative estimate of drug-likeness (QED) is 0.669. The normalized spacial score (nSPS) is 15.7. The number of likely N-dealkylation sites (N-methyl/N-ethyl adjacent to an activating group) is 1. The number of carboxylic acids is 1. The number of aromatic nitrogens is 1. The molecule has 0 bridgehead atoms. The molecule has 0 amide bonds. The van der Waals surface area contributed by atoms with Gasteiger partial charge in [0.15, 0.2) is 0 Å². The van der Waals surface area contributed by atoms with Gasteiger partial charge in [-0.05, 0) is 67.3 Å². The van der Waals surface area contributed by atoms with Crippen LogP contribution in [0, 0.1) is 20.8 Å². The van der Waals surface area contributed by atoms with Crippen molar-refractivity contribution < 1.29 is 9.90 Å². The zero-order valence-corrected chi connectivity index (χ0v) is 17.4. The van der Waals surface area contributed by atoms with Crippen LogP contribution in [0.2, 0.25) is 0 Å². The Morgan fingerprint density at radius 3 is 2.55 bits per heavy atom. The Morgan fingerprint density at radius 2 is 1.83 bits per heavy atom. The Labute approximate surface area is 171 Å². The maximum Gasteiger partial charge on any atom is 0.336 e. The summed E-state index contributed by atoms with van der Waals surface area (Å²) in [5.74, 6) is -0.889. The van der Waals surface area contributed by atoms with Crippen molar-refractivity contribution in [2.45, 2.75) is 34.2 Å². The van der Waals surface area contributed by atoms with E-state index < -0.39 is 5.97 Å². The minimum Gasteiger partial charge on any atom is -0.478 e. The van der Waals surface area contributed by atoms with Crippen molar-refractivity contribution in [1.82, 2.24) is 9.88 Å². The first-order valence-electron chi connectivity index (χ1n) is 10.0. The molecule has 1 aromatic heterocycles. The van der Waals surface area contributed by atoms with Gasteiger partial charge in [-0.25, -0.2) is 9.78 Å². The average Bonchev–Trinajstić information content (AvgIpc) is 2.69. The van der Waals surface area contributed by atoms with Gasteiger partial charge in [-0.2, -0.15) is 0 Å². The minimum absolute atomic E-state index is 0.381. The minimum atomic E-state index is -0.889. The summed E-state index contributed by atoms with van der Waals surface area (Å²) in [4.78, 5) is 19.4. The molecule has 0 saturated heterocycles. The van der Waals surface area contributed by atoms with Gasteiger partial charge < -0.3 is 5.11 Å². The predicted molar refractivity (Wildman–Crippen MR) is 118 cm³/mol. The summed E-state index contributed by atoms with van der Waals surface area (Å²) >= 11 is 0. The molecule has 0 atom stereocenters. The van der Waals surface area contributed by atoms with E-state index >= 15 is 0 Å². The van der Waals surface area contributed by atoms with Crippen LogP contribution < -0.4 is 0 Å². The highest BCUT2D eigenvalue weighted by Crippen LogP contribution is 2.34. The van der Waals surface area contributed by atoms with Crippen LogP contribution in [-0.4, -0.2) is 34.0 Å². The summed E-state index contributed by atoms with van der Waals surface area (Å²) in [6.45, 7) is 10.7. The summed E-state index contributed by atoms with van der Waals surface area (Å²) < 4.78 is 0. The molecule has 0 aliphatic carbocycles. The van der Waals surface area contributed by atoms with E-state index in [-0.39, 0.29) is 0 Å². The monoisotopic (exact) mass is 386 g/mol. The van der Waals surface area contributed by atoms with Gasteiger partial charge in [0.25, 0.3) is 0 Å². The van der Waals surface area contributed by atoms with Crippen LogP contribution in [-0.2, 0) is 6.54 Å². The van der Waals surface area contributed by atoms with Gasteiger partial charge in [-0.15, -0.1) is 0 Å². The van der Waals surface area contributed by atoms with Crippen LogP contribution in [0.25, 0.3) is 22.6 Å². The second-order valence-corrected chi connectivity index (χ2v) is 7.90. The fourth-order valence-electron chi connectivity index (χ4n) is 4.17. The standard InChI is InChI=1S/C25H26N2O2/c1-5-27-13-19(12-18-11-16(3)15(2)10-17(18)4)24-21(14-27)23(25(28)29)20-8-6-7-9-22(20)26-24/h6-12H,5,13-14H2,1-4H3,(H,28,29)/b19-12+. The maximum absolute atomic E-state index is 12.2. The van der Waals surface area contributed by atoms with Crippen LogP contribution >= 0.6 is 0 Å². The average molecular weight is 386 g/mol. The number of hydrogen-bond acceptors (Lipinski definition) is 3. The SMILES string of the molecule is CCN1C/C(=C\c2cc(C)c(C)cc2C)c2nc3ccccc3c(C(=O)O)c2C1. The molecule has 2 heterocycles. The van der Waals surface area contributed by atoms with E-state index in [4.69, 9.17) is 4.98 Å². The highest BCUT2D eigenvalue weighted by molar-refractivity contribution is 6.06. The van der Waals surface area contributed by atoms with E-state index in [9.17, 15) is 9.90 Å². The lowest BCUT2D eigenvalue weighted by Crippen LogP contribution is -2.31. The molecule has 3 aromatic rings. The number of carboxylic acid groups (broad SMARTS) is 1. The molecule has 2 aromatic carbocycles. The first-order chi connectivity index (χ1) is 13.9. The van der Waals surface area contributed by atoms with Crippen molar-refractivity contribution in [2.24, 2.45) is 0 Å². The molecule has 4 nitrogen and oxygen atoms in total. The summed E-state index contributed by atoms with van der Waals surface area (Å²) in [7, 11) is 0. The Morgan fingerprint density at radius 1 is 1.10 bits per heavy atom. The predicted octanol–water partition coefficient (Wildman–Crippen LogP) is 5.23. The Hall–Kier alpha value is -2.98. The third-order valence-corrected chi connectivity index (χ3v) is 5.95. The highest BCUT2D eigenvalue weighted by atomic mass is 16.4. The zero-order valence-electron chi connectivity index (χ0n) is 17.4. The molecule has 1 aliphatic heterocycles. The van der Waals surface area contributed by atoms with E-state index in [1.165, 1.54) is 22.3 Å². The van der Waals surface area contributed by atoms with Crippen LogP contribution in [0.4, 0.5) is 0 Å². The maximum atomic E-state index is 12.2. The number of aromatic carboxylic acids is 1. The van der Waals surface area contributed by atoms with E-state index in [2.05, 4.69) is 50.8 Å². The number of benzene rings is 2. The molecule has 0 saturated carbocycles. The number of pyridine rings is 1. The number of aryl methyl sites for hydroxylation is 3. The lowest BCUT2D eigenvalue weighted by Gasteiger charge is -2.30. The first-order valence-corrected chi connectivity index (χ1v) is 10.0. The molecule has 0 unspecified atom stereocenters. The Balaban J connectivity index is 2.00. The van der Waals surface area contributed by atoms with Gasteiger partial charge in [0.05, 0.1) is 16.8 Å². The van der Waals surface area contributed by atoms with Crippen molar-refractivity contribution in [1.29, 1.82) is 0 Å². The van der Waals surface area contributed by atoms with Crippen molar-refractivity contribution >= 4 is 28.5 Å². The first kappa shape index (κ1) is 19.3. The molecule has 148 valence electrons. The summed E-state index contributed by atoms with van der Waals surface area (Å²) in [5.41, 5.74) is 8.74. The molecule has 1 N–H and O–H groups in total. The van der Waals surface area contributed by atoms with Crippen molar-refractivity contribution in [2.75, 3.05) is 13.1 Å². The van der Waals surface area contributed by atoms with E-state index in [1.54, 1.807) is 0 Å². The molecule has 0 spiro atoms. The fourth-order valence-corrected chi connectivity index (χ4v) is 4.17. The van der Waals surface area contributed by atoms with Crippen molar-refractivity contribution in [3.63, 3.8) is 0 Å². The van der Waals surface area contributed by atoms with E-state index in [0.717, 1.165) is 35.4 Å². The second-order valence-electron chi connectivity index (χ2n) is 7.90. The summed E-state index contributed by atoms with van der Waals surface area (Å²) in [5, 5.41) is 10.7. The molecule has 1 aliphatic rings. The molecular weight excluding hydrogens is 360 g/mol. The molecule has 0 fully saturated rings. The number of hydrogen-bond donors (Lipinski definition) is 1. The largest absolute Gasteiger partial charge is 0.478 e. The molecule has 4 heteroatoms. The van der Waals surface area contributed by atoms with Gasteiger partial charge >= 0.3 is 5.97 Å². The number of para-hydroxylation sites is 1. The molecular formula is C25H26N2O2. The Kier molecular flexibility index (Phi) is 4.97. The smallest absolute Gasteiger partial charge is 0.336 e. The van der Waals surface area contributed by atoms with Crippen LogP contribution in [0.3, 0.4) is 0 Å². The second kappa shape index (κ2) is 7.45. The van der Waals surface area contributed by atoms with Crippen LogP contribution in [0.5, 0.6) is 0 Å². The lowest BCUT2D eigenvalue weighted by atomic mass is 9.91. The van der Waals surface area contributed by atoms with Gasteiger partial charge in [-0.3, -0.25) is 4.90 Å². The zero-order chi connectivity index (χ0) is 20.7. The topological polar surface area (TPSA) is 53.4 Å². The van der Waals surface area contributed by atoms with Gasteiger partial charge in [0.1, 0.15) is 0 Å². The van der Waals surface area contributed by atoms with Gasteiger partial charge in [-0.1, -0.05) is 37.3 Å².